The SMILES string of the molecule is CC(C)c1ccc(C(=O)NCc2ccc(-c3nc4ccccc4o3)cc2)cc1. The third kappa shape index (κ3) is 3.81. The average molecular weight is 370 g/mol. The molecule has 4 nitrogen and oxygen atoms in total. The van der Waals surface area contributed by atoms with E-state index in [1.807, 2.05) is 72.8 Å². The molecular formula is C24H22N2O2. The molecule has 4 aromatic rings. The Bertz CT molecular complexity index is 1060. The molecule has 0 unspecified atom stereocenters. The quantitative estimate of drug-likeness (QED) is 0.501. The summed E-state index contributed by atoms with van der Waals surface area (Å²) in [5, 5.41) is 2.97. The molecule has 28 heavy (non-hydrogen) atoms. The van der Waals surface area contributed by atoms with Gasteiger partial charge in [0, 0.05) is 17.7 Å². The van der Waals surface area contributed by atoms with Crippen molar-refractivity contribution >= 4 is 17.0 Å². The summed E-state index contributed by atoms with van der Waals surface area (Å²) in [6, 6.07) is 23.4. The number of para-hydroxylation sites is 2. The topological polar surface area (TPSA) is 55.1 Å². The standard InChI is InChI=1S/C24H22N2O2/c1-16(2)18-11-13-19(14-12-18)23(27)25-15-17-7-9-20(10-8-17)24-26-21-5-3-4-6-22(21)28-24/h3-14,16H,15H2,1-2H3,(H,25,27). The highest BCUT2D eigenvalue weighted by atomic mass is 16.3. The van der Waals surface area contributed by atoms with Gasteiger partial charge in [-0.05, 0) is 53.4 Å². The normalized spacial score (nSPS) is 11.1. The average Bonchev–Trinajstić information content (AvgIpc) is 3.16. The van der Waals surface area contributed by atoms with Crippen LogP contribution in [0.2, 0.25) is 0 Å². The number of aromatic nitrogens is 1. The van der Waals surface area contributed by atoms with E-state index < -0.39 is 0 Å². The molecule has 0 aliphatic carbocycles. The van der Waals surface area contributed by atoms with Crippen LogP contribution in [0.3, 0.4) is 0 Å². The lowest BCUT2D eigenvalue weighted by molar-refractivity contribution is 0.0951. The summed E-state index contributed by atoms with van der Waals surface area (Å²) in [6.07, 6.45) is 0. The van der Waals surface area contributed by atoms with E-state index in [1.54, 1.807) is 0 Å². The molecule has 4 rings (SSSR count). The van der Waals surface area contributed by atoms with Crippen molar-refractivity contribution in [2.24, 2.45) is 0 Å². The van der Waals surface area contributed by atoms with Crippen LogP contribution in [0.5, 0.6) is 0 Å². The maximum absolute atomic E-state index is 12.4. The number of hydrogen-bond donors (Lipinski definition) is 1. The second-order valence-electron chi connectivity index (χ2n) is 7.14. The van der Waals surface area contributed by atoms with Crippen molar-refractivity contribution in [2.45, 2.75) is 26.3 Å². The molecule has 0 aliphatic rings. The number of carbonyl (C=O) groups is 1. The number of fused-ring (bicyclic) bond motifs is 1. The van der Waals surface area contributed by atoms with Crippen LogP contribution in [0.15, 0.2) is 77.2 Å². The molecule has 0 atom stereocenters. The number of amides is 1. The fraction of sp³-hybridized carbons (Fsp3) is 0.167. The third-order valence-corrected chi connectivity index (χ3v) is 4.79. The van der Waals surface area contributed by atoms with Crippen molar-refractivity contribution < 1.29 is 9.21 Å². The smallest absolute Gasteiger partial charge is 0.251 e. The maximum atomic E-state index is 12.4. The number of carbonyl (C=O) groups excluding carboxylic acids is 1. The molecule has 0 aliphatic heterocycles. The van der Waals surface area contributed by atoms with Gasteiger partial charge >= 0.3 is 0 Å². The fourth-order valence-electron chi connectivity index (χ4n) is 3.06. The second kappa shape index (κ2) is 7.69. The molecule has 4 heteroatoms. The predicted molar refractivity (Wildman–Crippen MR) is 111 cm³/mol. The highest BCUT2D eigenvalue weighted by molar-refractivity contribution is 5.94. The van der Waals surface area contributed by atoms with Crippen molar-refractivity contribution in [1.29, 1.82) is 0 Å². The van der Waals surface area contributed by atoms with E-state index in [4.69, 9.17) is 4.42 Å². The molecule has 140 valence electrons. The summed E-state index contributed by atoms with van der Waals surface area (Å²) in [7, 11) is 0. The Morgan fingerprint density at radius 2 is 1.68 bits per heavy atom. The molecule has 1 heterocycles. The zero-order valence-corrected chi connectivity index (χ0v) is 16.0. The van der Waals surface area contributed by atoms with E-state index in [9.17, 15) is 4.79 Å². The molecule has 1 aromatic heterocycles. The summed E-state index contributed by atoms with van der Waals surface area (Å²) in [5.74, 6) is 0.984. The number of nitrogens with zero attached hydrogens (tertiary/aromatic N) is 1. The lowest BCUT2D eigenvalue weighted by Gasteiger charge is -2.08. The van der Waals surface area contributed by atoms with Gasteiger partial charge in [0.2, 0.25) is 5.89 Å². The Morgan fingerprint density at radius 3 is 2.36 bits per heavy atom. The largest absolute Gasteiger partial charge is 0.436 e. The first kappa shape index (κ1) is 18.0. The lowest BCUT2D eigenvalue weighted by atomic mass is 10.0. The Hall–Kier alpha value is -3.40. The zero-order chi connectivity index (χ0) is 19.5. The minimum atomic E-state index is -0.0710. The molecular weight excluding hydrogens is 348 g/mol. The van der Waals surface area contributed by atoms with E-state index in [2.05, 4.69) is 24.1 Å². The molecule has 0 radical (unpaired) electrons. The number of oxazole rings is 1. The Morgan fingerprint density at radius 1 is 0.964 bits per heavy atom. The van der Waals surface area contributed by atoms with Crippen LogP contribution in [-0.2, 0) is 6.54 Å². The van der Waals surface area contributed by atoms with Crippen molar-refractivity contribution in [3.05, 3.63) is 89.5 Å². The molecule has 1 N–H and O–H groups in total. The van der Waals surface area contributed by atoms with E-state index in [0.717, 1.165) is 22.2 Å². The second-order valence-corrected chi connectivity index (χ2v) is 7.14. The first-order chi connectivity index (χ1) is 13.6. The molecule has 0 bridgehead atoms. The monoisotopic (exact) mass is 370 g/mol. The maximum Gasteiger partial charge on any atom is 0.251 e. The van der Waals surface area contributed by atoms with E-state index in [-0.39, 0.29) is 5.91 Å². The predicted octanol–water partition coefficient (Wildman–Crippen LogP) is 5.55. The highest BCUT2D eigenvalue weighted by Gasteiger charge is 2.09. The summed E-state index contributed by atoms with van der Waals surface area (Å²) in [6.45, 7) is 4.75. The van der Waals surface area contributed by atoms with E-state index in [0.29, 0.717) is 23.9 Å². The van der Waals surface area contributed by atoms with Gasteiger partial charge in [-0.2, -0.15) is 0 Å². The number of benzene rings is 3. The lowest BCUT2D eigenvalue weighted by Crippen LogP contribution is -2.22. The van der Waals surface area contributed by atoms with Gasteiger partial charge in [-0.15, -0.1) is 0 Å². The zero-order valence-electron chi connectivity index (χ0n) is 16.0. The Kier molecular flexibility index (Phi) is 4.94. The van der Waals surface area contributed by atoms with Crippen LogP contribution in [0.1, 0.15) is 41.3 Å². The van der Waals surface area contributed by atoms with Gasteiger partial charge < -0.3 is 9.73 Å². The number of rotatable bonds is 5. The minimum Gasteiger partial charge on any atom is -0.436 e. The van der Waals surface area contributed by atoms with Gasteiger partial charge in [-0.25, -0.2) is 4.98 Å². The van der Waals surface area contributed by atoms with Crippen LogP contribution < -0.4 is 5.32 Å². The highest BCUT2D eigenvalue weighted by Crippen LogP contribution is 2.24. The van der Waals surface area contributed by atoms with Crippen molar-refractivity contribution in [1.82, 2.24) is 10.3 Å². The van der Waals surface area contributed by atoms with Crippen molar-refractivity contribution in [3.8, 4) is 11.5 Å². The molecule has 0 fully saturated rings. The first-order valence-corrected chi connectivity index (χ1v) is 9.43. The van der Waals surface area contributed by atoms with Gasteiger partial charge in [0.25, 0.3) is 5.91 Å². The van der Waals surface area contributed by atoms with Gasteiger partial charge in [0.1, 0.15) is 5.52 Å². The molecule has 0 spiro atoms. The van der Waals surface area contributed by atoms with Gasteiger partial charge in [0.05, 0.1) is 0 Å². The van der Waals surface area contributed by atoms with Gasteiger partial charge in [-0.3, -0.25) is 4.79 Å². The van der Waals surface area contributed by atoms with Crippen LogP contribution in [0, 0.1) is 0 Å². The fourth-order valence-corrected chi connectivity index (χ4v) is 3.06. The van der Waals surface area contributed by atoms with Gasteiger partial charge in [-0.1, -0.05) is 50.2 Å². The van der Waals surface area contributed by atoms with Crippen LogP contribution >= 0.6 is 0 Å². The molecule has 0 saturated heterocycles. The summed E-state index contributed by atoms with van der Waals surface area (Å²) in [4.78, 5) is 16.9. The van der Waals surface area contributed by atoms with Crippen LogP contribution in [-0.4, -0.2) is 10.9 Å². The molecule has 0 saturated carbocycles. The van der Waals surface area contributed by atoms with Gasteiger partial charge in [0.15, 0.2) is 5.58 Å². The minimum absolute atomic E-state index is 0.0710. The van der Waals surface area contributed by atoms with E-state index in [1.165, 1.54) is 5.56 Å². The van der Waals surface area contributed by atoms with E-state index >= 15 is 0 Å². The molecule has 1 amide bonds. The third-order valence-electron chi connectivity index (χ3n) is 4.79. The van der Waals surface area contributed by atoms with Crippen LogP contribution in [0.4, 0.5) is 0 Å². The Balaban J connectivity index is 1.41. The summed E-state index contributed by atoms with van der Waals surface area (Å²) >= 11 is 0. The van der Waals surface area contributed by atoms with Crippen molar-refractivity contribution in [2.75, 3.05) is 0 Å². The number of nitrogens with one attached hydrogen (secondary N) is 1. The first-order valence-electron chi connectivity index (χ1n) is 9.43. The summed E-state index contributed by atoms with van der Waals surface area (Å²) < 4.78 is 5.80. The molecule has 3 aromatic carbocycles. The summed E-state index contributed by atoms with van der Waals surface area (Å²) in [5.41, 5.74) is 5.45. The Labute approximate surface area is 164 Å². The van der Waals surface area contributed by atoms with Crippen molar-refractivity contribution in [3.63, 3.8) is 0 Å². The number of hydrogen-bond acceptors (Lipinski definition) is 3. The van der Waals surface area contributed by atoms with Crippen LogP contribution in [0.25, 0.3) is 22.6 Å².